The summed E-state index contributed by atoms with van der Waals surface area (Å²) < 4.78 is 0. The van der Waals surface area contributed by atoms with Gasteiger partial charge in [0.05, 0.1) is 5.56 Å². The minimum absolute atomic E-state index is 0.0551. The van der Waals surface area contributed by atoms with Gasteiger partial charge in [0, 0.05) is 37.3 Å². The van der Waals surface area contributed by atoms with Gasteiger partial charge in [-0.1, -0.05) is 0 Å². The minimum Gasteiger partial charge on any atom is -0.398 e. The summed E-state index contributed by atoms with van der Waals surface area (Å²) >= 11 is 0. The van der Waals surface area contributed by atoms with Gasteiger partial charge in [0.2, 0.25) is 0 Å². The number of rotatable bonds is 3. The van der Waals surface area contributed by atoms with Crippen molar-refractivity contribution < 1.29 is 9.90 Å². The zero-order valence-electron chi connectivity index (χ0n) is 10.6. The molecule has 18 heavy (non-hydrogen) atoms. The quantitative estimate of drug-likeness (QED) is 0.831. The van der Waals surface area contributed by atoms with Crippen LogP contribution in [0.5, 0.6) is 0 Å². The Morgan fingerprint density at radius 2 is 2.44 bits per heavy atom. The van der Waals surface area contributed by atoms with Gasteiger partial charge in [-0.3, -0.25) is 9.78 Å². The van der Waals surface area contributed by atoms with Crippen LogP contribution in [0.25, 0.3) is 0 Å². The number of nitrogen functional groups attached to an aromatic ring is 1. The van der Waals surface area contributed by atoms with Crippen molar-refractivity contribution in [2.45, 2.75) is 19.8 Å². The fourth-order valence-corrected chi connectivity index (χ4v) is 2.37. The van der Waals surface area contributed by atoms with E-state index in [1.54, 1.807) is 17.2 Å². The summed E-state index contributed by atoms with van der Waals surface area (Å²) in [5.74, 6) is 0.346. The lowest BCUT2D eigenvalue weighted by atomic mass is 10.1. The van der Waals surface area contributed by atoms with Gasteiger partial charge >= 0.3 is 0 Å². The summed E-state index contributed by atoms with van der Waals surface area (Å²) in [6.07, 6.45) is 3.25. The SMILES string of the molecule is Cc1cc(N)c(C(=O)N2CCC(CCO)C2)cn1. The lowest BCUT2D eigenvalue weighted by molar-refractivity contribution is 0.0785. The van der Waals surface area contributed by atoms with E-state index in [0.717, 1.165) is 25.1 Å². The van der Waals surface area contributed by atoms with Crippen LogP contribution in [0, 0.1) is 12.8 Å². The third-order valence-corrected chi connectivity index (χ3v) is 3.41. The number of aryl methyl sites for hydroxylation is 1. The molecular formula is C13H19N3O2. The Balaban J connectivity index is 2.08. The molecule has 0 aliphatic carbocycles. The van der Waals surface area contributed by atoms with Crippen molar-refractivity contribution in [2.24, 2.45) is 5.92 Å². The van der Waals surface area contributed by atoms with Crippen molar-refractivity contribution in [1.82, 2.24) is 9.88 Å². The number of anilines is 1. The first-order chi connectivity index (χ1) is 8.61. The molecule has 1 unspecified atom stereocenters. The van der Waals surface area contributed by atoms with Gasteiger partial charge in [0.1, 0.15) is 0 Å². The van der Waals surface area contributed by atoms with E-state index in [1.165, 1.54) is 0 Å². The lowest BCUT2D eigenvalue weighted by Gasteiger charge is -2.17. The number of nitrogens with two attached hydrogens (primary N) is 1. The molecule has 1 aliphatic rings. The van der Waals surface area contributed by atoms with Gasteiger partial charge in [0.15, 0.2) is 0 Å². The average Bonchev–Trinajstić information content (AvgIpc) is 2.77. The monoisotopic (exact) mass is 249 g/mol. The first-order valence-electron chi connectivity index (χ1n) is 6.24. The fraction of sp³-hybridized carbons (Fsp3) is 0.538. The molecule has 5 heteroatoms. The Bertz CT molecular complexity index is 448. The summed E-state index contributed by atoms with van der Waals surface area (Å²) in [7, 11) is 0. The summed E-state index contributed by atoms with van der Waals surface area (Å²) in [5, 5.41) is 8.91. The Morgan fingerprint density at radius 1 is 1.67 bits per heavy atom. The first-order valence-corrected chi connectivity index (χ1v) is 6.24. The predicted molar refractivity (Wildman–Crippen MR) is 69.1 cm³/mol. The standard InChI is InChI=1S/C13H19N3O2/c1-9-6-12(14)11(7-15-9)13(18)16-4-2-10(8-16)3-5-17/h6-7,10,17H,2-5,8H2,1H3,(H2,14,15). The number of aromatic nitrogens is 1. The van der Waals surface area contributed by atoms with Crippen LogP contribution in [0.15, 0.2) is 12.3 Å². The molecule has 0 bridgehead atoms. The van der Waals surface area contributed by atoms with Gasteiger partial charge < -0.3 is 15.7 Å². The van der Waals surface area contributed by atoms with E-state index >= 15 is 0 Å². The summed E-state index contributed by atoms with van der Waals surface area (Å²) in [6, 6.07) is 1.72. The van der Waals surface area contributed by atoms with E-state index in [4.69, 9.17) is 10.8 Å². The molecule has 2 heterocycles. The van der Waals surface area contributed by atoms with Crippen LogP contribution >= 0.6 is 0 Å². The van der Waals surface area contributed by atoms with Crippen molar-refractivity contribution in [3.8, 4) is 0 Å². The minimum atomic E-state index is -0.0551. The predicted octanol–water partition coefficient (Wildman–Crippen LogP) is 0.817. The van der Waals surface area contributed by atoms with Crippen LogP contribution in [0.2, 0.25) is 0 Å². The number of likely N-dealkylation sites (tertiary alicyclic amines) is 1. The van der Waals surface area contributed by atoms with Crippen molar-refractivity contribution >= 4 is 11.6 Å². The Labute approximate surface area is 107 Å². The lowest BCUT2D eigenvalue weighted by Crippen LogP contribution is -2.29. The topological polar surface area (TPSA) is 79.5 Å². The molecular weight excluding hydrogens is 230 g/mol. The van der Waals surface area contributed by atoms with Gasteiger partial charge in [-0.2, -0.15) is 0 Å². The largest absolute Gasteiger partial charge is 0.398 e. The maximum atomic E-state index is 12.3. The molecule has 1 aromatic rings. The number of carbonyl (C=O) groups is 1. The average molecular weight is 249 g/mol. The van der Waals surface area contributed by atoms with Crippen molar-refractivity contribution in [1.29, 1.82) is 0 Å². The highest BCUT2D eigenvalue weighted by Crippen LogP contribution is 2.22. The second-order valence-electron chi connectivity index (χ2n) is 4.83. The number of nitrogens with zero attached hydrogens (tertiary/aromatic N) is 2. The molecule has 1 fully saturated rings. The molecule has 1 aliphatic heterocycles. The van der Waals surface area contributed by atoms with Crippen LogP contribution in [0.4, 0.5) is 5.69 Å². The summed E-state index contributed by atoms with van der Waals surface area (Å²) in [5.41, 5.74) is 7.63. The van der Waals surface area contributed by atoms with Gasteiger partial charge in [-0.05, 0) is 31.7 Å². The number of aliphatic hydroxyl groups excluding tert-OH is 1. The van der Waals surface area contributed by atoms with E-state index in [1.807, 2.05) is 6.92 Å². The third kappa shape index (κ3) is 2.61. The molecule has 1 saturated heterocycles. The number of amides is 1. The molecule has 0 radical (unpaired) electrons. The van der Waals surface area contributed by atoms with Gasteiger partial charge in [0.25, 0.3) is 5.91 Å². The number of hydrogen-bond donors (Lipinski definition) is 2. The number of pyridine rings is 1. The molecule has 1 atom stereocenters. The highest BCUT2D eigenvalue weighted by Gasteiger charge is 2.27. The molecule has 1 aromatic heterocycles. The molecule has 0 aromatic carbocycles. The van der Waals surface area contributed by atoms with Crippen LogP contribution in [-0.2, 0) is 0 Å². The van der Waals surface area contributed by atoms with Crippen molar-refractivity contribution in [2.75, 3.05) is 25.4 Å². The highest BCUT2D eigenvalue weighted by molar-refractivity contribution is 5.99. The molecule has 0 spiro atoms. The Morgan fingerprint density at radius 3 is 3.11 bits per heavy atom. The second-order valence-corrected chi connectivity index (χ2v) is 4.83. The Kier molecular flexibility index (Phi) is 3.81. The molecule has 3 N–H and O–H groups in total. The fourth-order valence-electron chi connectivity index (χ4n) is 2.37. The molecule has 0 saturated carbocycles. The number of carbonyl (C=O) groups excluding carboxylic acids is 1. The normalized spacial score (nSPS) is 19.2. The number of aliphatic hydroxyl groups is 1. The highest BCUT2D eigenvalue weighted by atomic mass is 16.3. The van der Waals surface area contributed by atoms with Crippen LogP contribution in [0.1, 0.15) is 28.9 Å². The molecule has 1 amide bonds. The van der Waals surface area contributed by atoms with E-state index in [2.05, 4.69) is 4.98 Å². The zero-order chi connectivity index (χ0) is 13.1. The van der Waals surface area contributed by atoms with Crippen molar-refractivity contribution in [3.05, 3.63) is 23.5 Å². The molecule has 98 valence electrons. The maximum Gasteiger partial charge on any atom is 0.257 e. The molecule has 2 rings (SSSR count). The van der Waals surface area contributed by atoms with Gasteiger partial charge in [-0.15, -0.1) is 0 Å². The van der Waals surface area contributed by atoms with E-state index < -0.39 is 0 Å². The van der Waals surface area contributed by atoms with Crippen LogP contribution < -0.4 is 5.73 Å². The third-order valence-electron chi connectivity index (χ3n) is 3.41. The second kappa shape index (κ2) is 5.35. The zero-order valence-corrected chi connectivity index (χ0v) is 10.6. The van der Waals surface area contributed by atoms with Crippen LogP contribution in [-0.4, -0.2) is 40.6 Å². The number of hydrogen-bond acceptors (Lipinski definition) is 4. The van der Waals surface area contributed by atoms with Crippen molar-refractivity contribution in [3.63, 3.8) is 0 Å². The van der Waals surface area contributed by atoms with Crippen LogP contribution in [0.3, 0.4) is 0 Å². The smallest absolute Gasteiger partial charge is 0.257 e. The molecule has 5 nitrogen and oxygen atoms in total. The van der Waals surface area contributed by atoms with Gasteiger partial charge in [-0.25, -0.2) is 0 Å². The van der Waals surface area contributed by atoms with E-state index in [9.17, 15) is 4.79 Å². The van der Waals surface area contributed by atoms with E-state index in [-0.39, 0.29) is 12.5 Å². The van der Waals surface area contributed by atoms with E-state index in [0.29, 0.717) is 23.7 Å². The Hall–Kier alpha value is -1.62. The summed E-state index contributed by atoms with van der Waals surface area (Å²) in [4.78, 5) is 18.2. The first kappa shape index (κ1) is 12.8. The summed E-state index contributed by atoms with van der Waals surface area (Å²) in [6.45, 7) is 3.46. The maximum absolute atomic E-state index is 12.3.